The lowest BCUT2D eigenvalue weighted by Gasteiger charge is -2.55. The normalized spacial score (nSPS) is 23.0. The molecule has 1 fully saturated rings. The van der Waals surface area contributed by atoms with E-state index < -0.39 is 47.6 Å². The van der Waals surface area contributed by atoms with E-state index in [-0.39, 0.29) is 45.1 Å². The number of methoxy groups -OCH3 is 1. The van der Waals surface area contributed by atoms with Gasteiger partial charge in [0.15, 0.2) is 0 Å². The van der Waals surface area contributed by atoms with Gasteiger partial charge in [-0.2, -0.15) is 4.81 Å². The van der Waals surface area contributed by atoms with Crippen LogP contribution >= 0.6 is 7.92 Å². The number of carboxylic acids is 1. The van der Waals surface area contributed by atoms with E-state index in [4.69, 9.17) is 19.0 Å². The fourth-order valence-corrected chi connectivity index (χ4v) is 7.66. The highest BCUT2D eigenvalue weighted by Crippen LogP contribution is 2.52. The topological polar surface area (TPSA) is 135 Å². The number of imide groups is 1. The monoisotopic (exact) mass is 598 g/mol. The SMILES string of the molecule is CCO[N+]1([O-])CCP(Cc2ccc(OC)cc2)CC1(CCCCN(C(=O)OC(C)(C)C)C(=O)OC(C)(C)C)C(=O)O. The molecule has 0 bridgehead atoms. The molecule has 12 heteroatoms. The number of aliphatic carboxylic acids is 1. The first kappa shape index (κ1) is 34.7. The van der Waals surface area contributed by atoms with Gasteiger partial charge in [-0.1, -0.05) is 20.1 Å². The largest absolute Gasteiger partial charge is 0.597 e. The summed E-state index contributed by atoms with van der Waals surface area (Å²) in [6.07, 6.45) is 0.355. The molecule has 3 atom stereocenters. The fraction of sp³-hybridized carbons (Fsp3) is 0.690. The van der Waals surface area contributed by atoms with E-state index in [2.05, 4.69) is 0 Å². The van der Waals surface area contributed by atoms with Crippen molar-refractivity contribution in [2.45, 2.75) is 90.6 Å². The summed E-state index contributed by atoms with van der Waals surface area (Å²) in [5.74, 6) is -0.456. The minimum Gasteiger partial charge on any atom is -0.597 e. The number of unbranched alkanes of at least 4 members (excludes halogenated alkanes) is 1. The minimum atomic E-state index is -1.70. The van der Waals surface area contributed by atoms with Gasteiger partial charge >= 0.3 is 18.2 Å². The Morgan fingerprint density at radius 3 is 2.05 bits per heavy atom. The molecular weight excluding hydrogens is 551 g/mol. The summed E-state index contributed by atoms with van der Waals surface area (Å²) in [7, 11) is 0.786. The average Bonchev–Trinajstić information content (AvgIpc) is 2.84. The Bertz CT molecular complexity index is 1010. The Morgan fingerprint density at radius 1 is 1.02 bits per heavy atom. The van der Waals surface area contributed by atoms with Gasteiger partial charge in [0.2, 0.25) is 5.54 Å². The summed E-state index contributed by atoms with van der Waals surface area (Å²) >= 11 is 0. The maximum Gasteiger partial charge on any atom is 0.419 e. The van der Waals surface area contributed by atoms with Crippen molar-refractivity contribution < 1.29 is 43.3 Å². The highest BCUT2D eigenvalue weighted by molar-refractivity contribution is 7.57. The van der Waals surface area contributed by atoms with E-state index in [1.807, 2.05) is 24.3 Å². The molecular formula is C29H47N2O9P. The lowest BCUT2D eigenvalue weighted by molar-refractivity contribution is -1.10. The van der Waals surface area contributed by atoms with Gasteiger partial charge in [-0.25, -0.2) is 24.1 Å². The molecule has 1 aliphatic rings. The van der Waals surface area contributed by atoms with Gasteiger partial charge in [0.05, 0.1) is 7.11 Å². The Morgan fingerprint density at radius 2 is 1.59 bits per heavy atom. The molecule has 0 spiro atoms. The van der Waals surface area contributed by atoms with Crippen molar-refractivity contribution in [1.29, 1.82) is 0 Å². The number of hydrogen-bond acceptors (Lipinski definition) is 8. The van der Waals surface area contributed by atoms with Crippen molar-refractivity contribution in [2.75, 3.05) is 39.1 Å². The molecule has 11 nitrogen and oxygen atoms in total. The molecule has 1 aromatic rings. The summed E-state index contributed by atoms with van der Waals surface area (Å²) in [5.41, 5.74) is -2.30. The van der Waals surface area contributed by atoms with Crippen LogP contribution in [0.4, 0.5) is 9.59 Å². The zero-order valence-electron chi connectivity index (χ0n) is 25.7. The van der Waals surface area contributed by atoms with Crippen molar-refractivity contribution in [1.82, 2.24) is 4.90 Å². The maximum absolute atomic E-state index is 13.9. The van der Waals surface area contributed by atoms with Gasteiger partial charge in [0.1, 0.15) is 30.1 Å². The van der Waals surface area contributed by atoms with Crippen LogP contribution in [-0.4, -0.2) is 88.8 Å². The number of ether oxygens (including phenoxy) is 3. The van der Waals surface area contributed by atoms with Crippen LogP contribution in [0.5, 0.6) is 5.75 Å². The quantitative estimate of drug-likeness (QED) is 0.138. The van der Waals surface area contributed by atoms with Crippen LogP contribution in [0.2, 0.25) is 0 Å². The van der Waals surface area contributed by atoms with E-state index in [1.54, 1.807) is 55.6 Å². The molecule has 1 aromatic carbocycles. The van der Waals surface area contributed by atoms with Crippen molar-refractivity contribution in [3.05, 3.63) is 35.0 Å². The third-order valence-corrected chi connectivity index (χ3v) is 9.21. The van der Waals surface area contributed by atoms with Crippen LogP contribution in [0.1, 0.15) is 73.3 Å². The lowest BCUT2D eigenvalue weighted by Crippen LogP contribution is -2.69. The number of carbonyl (C=O) groups excluding carboxylic acids is 2. The van der Waals surface area contributed by atoms with Gasteiger partial charge < -0.3 is 24.5 Å². The van der Waals surface area contributed by atoms with Crippen molar-refractivity contribution in [3.8, 4) is 5.75 Å². The number of carbonyl (C=O) groups is 3. The molecule has 232 valence electrons. The summed E-state index contributed by atoms with van der Waals surface area (Å²) in [6.45, 7) is 11.9. The highest BCUT2D eigenvalue weighted by atomic mass is 31.1. The average molecular weight is 599 g/mol. The van der Waals surface area contributed by atoms with Crippen LogP contribution in [0.15, 0.2) is 24.3 Å². The smallest absolute Gasteiger partial charge is 0.419 e. The first-order chi connectivity index (χ1) is 18.9. The molecule has 1 heterocycles. The van der Waals surface area contributed by atoms with Gasteiger partial charge in [-0.15, -0.1) is 0 Å². The number of benzene rings is 1. The Kier molecular flexibility index (Phi) is 12.0. The van der Waals surface area contributed by atoms with E-state index in [1.165, 1.54) is 0 Å². The Hall–Kier alpha value is -2.46. The molecule has 2 rings (SSSR count). The molecule has 2 amide bonds. The van der Waals surface area contributed by atoms with Crippen LogP contribution in [-0.2, 0) is 25.3 Å². The number of hydroxylamine groups is 4. The van der Waals surface area contributed by atoms with Crippen LogP contribution in [0.25, 0.3) is 0 Å². The number of quaternary nitrogens is 1. The van der Waals surface area contributed by atoms with Gasteiger partial charge in [0, 0.05) is 25.3 Å². The van der Waals surface area contributed by atoms with Gasteiger partial charge in [-0.3, -0.25) is 0 Å². The van der Waals surface area contributed by atoms with Gasteiger partial charge in [0.25, 0.3) is 0 Å². The summed E-state index contributed by atoms with van der Waals surface area (Å²) in [4.78, 5) is 43.7. The molecule has 3 unspecified atom stereocenters. The fourth-order valence-electron chi connectivity index (χ4n) is 4.71. The molecule has 0 aliphatic carbocycles. The Balaban J connectivity index is 2.21. The number of amides is 2. The minimum absolute atomic E-state index is 0.0315. The third-order valence-electron chi connectivity index (χ3n) is 6.60. The molecule has 41 heavy (non-hydrogen) atoms. The number of nitrogens with zero attached hydrogens (tertiary/aromatic N) is 2. The molecule has 0 saturated carbocycles. The van der Waals surface area contributed by atoms with Crippen LogP contribution in [0.3, 0.4) is 0 Å². The molecule has 0 aromatic heterocycles. The molecule has 1 N–H and O–H groups in total. The van der Waals surface area contributed by atoms with E-state index in [0.717, 1.165) is 16.2 Å². The Labute approximate surface area is 244 Å². The van der Waals surface area contributed by atoms with Crippen LogP contribution < -0.4 is 4.74 Å². The van der Waals surface area contributed by atoms with E-state index >= 15 is 0 Å². The second-order valence-corrected chi connectivity index (χ2v) is 14.7. The molecule has 1 saturated heterocycles. The zero-order valence-corrected chi connectivity index (χ0v) is 26.6. The third kappa shape index (κ3) is 9.81. The van der Waals surface area contributed by atoms with Crippen molar-refractivity contribution in [2.24, 2.45) is 0 Å². The van der Waals surface area contributed by atoms with E-state index in [9.17, 15) is 24.7 Å². The standard InChI is InChI=1S/C29H47N2O9P/c1-9-38-31(36)18-19-41(20-22-12-14-23(37-8)15-13-22)21-29(31,24(32)33)16-10-11-17-30(25(34)39-27(2,3)4)26(35)40-28(5,6)7/h12-15H,9-11,16-21H2,1-8H3,(H,32,33). The van der Waals surface area contributed by atoms with Crippen molar-refractivity contribution in [3.63, 3.8) is 0 Å². The van der Waals surface area contributed by atoms with Crippen LogP contribution in [0, 0.1) is 5.21 Å². The van der Waals surface area contributed by atoms with E-state index in [0.29, 0.717) is 12.3 Å². The summed E-state index contributed by atoms with van der Waals surface area (Å²) in [6, 6.07) is 7.66. The zero-order chi connectivity index (χ0) is 31.1. The first-order valence-corrected chi connectivity index (χ1v) is 15.9. The predicted molar refractivity (Wildman–Crippen MR) is 157 cm³/mol. The maximum atomic E-state index is 13.9. The lowest BCUT2D eigenvalue weighted by atomic mass is 9.93. The second kappa shape index (κ2) is 14.1. The molecule has 0 radical (unpaired) electrons. The summed E-state index contributed by atoms with van der Waals surface area (Å²) < 4.78 is 16.0. The van der Waals surface area contributed by atoms with Crippen molar-refractivity contribution >= 4 is 26.1 Å². The second-order valence-electron chi connectivity index (χ2n) is 12.3. The molecule has 1 aliphatic heterocycles. The number of rotatable bonds is 11. The number of carboxylic acid groups (broad SMARTS) is 1. The summed E-state index contributed by atoms with van der Waals surface area (Å²) in [5, 5.41) is 24.4. The predicted octanol–water partition coefficient (Wildman–Crippen LogP) is 6.12. The highest BCUT2D eigenvalue weighted by Gasteiger charge is 2.58. The first-order valence-electron chi connectivity index (χ1n) is 14.0. The van der Waals surface area contributed by atoms with Gasteiger partial charge in [-0.05, 0) is 85.2 Å². The number of hydrogen-bond donors (Lipinski definition) is 1.